The molecule has 22 heavy (non-hydrogen) atoms. The van der Waals surface area contributed by atoms with Gasteiger partial charge in [0.05, 0.1) is 7.11 Å². The van der Waals surface area contributed by atoms with E-state index >= 15 is 0 Å². The van der Waals surface area contributed by atoms with Crippen molar-refractivity contribution in [1.29, 1.82) is 0 Å². The van der Waals surface area contributed by atoms with Crippen LogP contribution in [0.1, 0.15) is 21.5 Å². The lowest BCUT2D eigenvalue weighted by Gasteiger charge is -2.12. The van der Waals surface area contributed by atoms with Crippen LogP contribution in [-0.4, -0.2) is 18.1 Å². The lowest BCUT2D eigenvalue weighted by molar-refractivity contribution is 0.0977. The monoisotopic (exact) mass is 314 g/mol. The predicted molar refractivity (Wildman–Crippen MR) is 92.6 cm³/mol. The molecule has 0 heterocycles. The summed E-state index contributed by atoms with van der Waals surface area (Å²) in [4.78, 5) is 12.1. The van der Waals surface area contributed by atoms with E-state index in [1.54, 1.807) is 31.4 Å². The molecule has 0 aliphatic rings. The van der Waals surface area contributed by atoms with E-state index in [4.69, 9.17) is 17.0 Å². The maximum absolute atomic E-state index is 12.1. The molecule has 2 aromatic rings. The highest BCUT2D eigenvalue weighted by Crippen LogP contribution is 2.16. The van der Waals surface area contributed by atoms with E-state index in [1.165, 1.54) is 0 Å². The van der Waals surface area contributed by atoms with Crippen molar-refractivity contribution in [3.63, 3.8) is 0 Å². The van der Waals surface area contributed by atoms with Crippen molar-refractivity contribution < 1.29 is 9.53 Å². The number of nitrogens with one attached hydrogen (secondary N) is 2. The third-order valence-electron chi connectivity index (χ3n) is 3.22. The van der Waals surface area contributed by atoms with Crippen LogP contribution < -0.4 is 15.4 Å². The maximum atomic E-state index is 12.1. The van der Waals surface area contributed by atoms with Crippen LogP contribution in [-0.2, 0) is 0 Å². The third kappa shape index (κ3) is 4.05. The number of anilines is 1. The van der Waals surface area contributed by atoms with Gasteiger partial charge in [0.1, 0.15) is 5.75 Å². The van der Waals surface area contributed by atoms with Crippen molar-refractivity contribution >= 4 is 28.9 Å². The summed E-state index contributed by atoms with van der Waals surface area (Å²) in [6.45, 7) is 3.99. The number of hydrogen-bond acceptors (Lipinski definition) is 3. The fourth-order valence-electron chi connectivity index (χ4n) is 1.94. The van der Waals surface area contributed by atoms with Gasteiger partial charge < -0.3 is 10.1 Å². The summed E-state index contributed by atoms with van der Waals surface area (Å²) in [5, 5.41) is 5.99. The second-order valence-corrected chi connectivity index (χ2v) is 5.36. The molecule has 2 aromatic carbocycles. The van der Waals surface area contributed by atoms with Crippen molar-refractivity contribution in [3.8, 4) is 5.75 Å². The molecule has 0 atom stereocenters. The minimum Gasteiger partial charge on any atom is -0.497 e. The van der Waals surface area contributed by atoms with Gasteiger partial charge in [-0.1, -0.05) is 12.1 Å². The Morgan fingerprint density at radius 3 is 2.41 bits per heavy atom. The summed E-state index contributed by atoms with van der Waals surface area (Å²) in [6.07, 6.45) is 0. The number of amides is 1. The molecule has 0 aromatic heterocycles. The fraction of sp³-hybridized carbons (Fsp3) is 0.176. The topological polar surface area (TPSA) is 50.4 Å². The Balaban J connectivity index is 2.01. The SMILES string of the molecule is COc1ccc(C(=O)NC(=S)Nc2cc(C)ccc2C)cc1. The molecule has 0 aliphatic heterocycles. The number of ether oxygens (including phenoxy) is 1. The van der Waals surface area contributed by atoms with Crippen LogP contribution in [0.3, 0.4) is 0 Å². The van der Waals surface area contributed by atoms with Gasteiger partial charge in [-0.25, -0.2) is 0 Å². The molecule has 5 heteroatoms. The molecule has 2 rings (SSSR count). The average molecular weight is 314 g/mol. The summed E-state index contributed by atoms with van der Waals surface area (Å²) in [7, 11) is 1.58. The van der Waals surface area contributed by atoms with Gasteiger partial charge >= 0.3 is 0 Å². The van der Waals surface area contributed by atoms with Gasteiger partial charge in [-0.15, -0.1) is 0 Å². The Kier molecular flexibility index (Phi) is 5.12. The van der Waals surface area contributed by atoms with Crippen LogP contribution in [0.5, 0.6) is 5.75 Å². The maximum Gasteiger partial charge on any atom is 0.257 e. The number of aryl methyl sites for hydroxylation is 2. The van der Waals surface area contributed by atoms with Crippen molar-refractivity contribution in [2.24, 2.45) is 0 Å². The first kappa shape index (κ1) is 16.0. The quantitative estimate of drug-likeness (QED) is 0.852. The smallest absolute Gasteiger partial charge is 0.257 e. The van der Waals surface area contributed by atoms with Gasteiger partial charge in [-0.05, 0) is 67.5 Å². The van der Waals surface area contributed by atoms with Crippen LogP contribution in [0.25, 0.3) is 0 Å². The second kappa shape index (κ2) is 7.04. The zero-order valence-corrected chi connectivity index (χ0v) is 13.6. The first-order chi connectivity index (χ1) is 10.5. The Morgan fingerprint density at radius 1 is 1.09 bits per heavy atom. The lowest BCUT2D eigenvalue weighted by atomic mass is 10.1. The molecule has 4 nitrogen and oxygen atoms in total. The molecule has 0 saturated carbocycles. The van der Waals surface area contributed by atoms with Crippen molar-refractivity contribution in [1.82, 2.24) is 5.32 Å². The zero-order chi connectivity index (χ0) is 16.1. The second-order valence-electron chi connectivity index (χ2n) is 4.96. The minimum atomic E-state index is -0.259. The third-order valence-corrected chi connectivity index (χ3v) is 3.42. The van der Waals surface area contributed by atoms with Crippen molar-refractivity contribution in [2.45, 2.75) is 13.8 Å². The Hall–Kier alpha value is -2.40. The molecular formula is C17H18N2O2S. The van der Waals surface area contributed by atoms with E-state index in [1.807, 2.05) is 32.0 Å². The first-order valence-corrected chi connectivity index (χ1v) is 7.24. The molecule has 0 unspecified atom stereocenters. The van der Waals surface area contributed by atoms with Gasteiger partial charge in [0, 0.05) is 11.3 Å². The normalized spacial score (nSPS) is 9.95. The highest BCUT2D eigenvalue weighted by atomic mass is 32.1. The Labute approximate surface area is 135 Å². The van der Waals surface area contributed by atoms with Gasteiger partial charge in [0.2, 0.25) is 0 Å². The fourth-order valence-corrected chi connectivity index (χ4v) is 2.14. The van der Waals surface area contributed by atoms with Crippen LogP contribution in [0.15, 0.2) is 42.5 Å². The van der Waals surface area contributed by atoms with Gasteiger partial charge in [-0.2, -0.15) is 0 Å². The molecule has 0 spiro atoms. The summed E-state index contributed by atoms with van der Waals surface area (Å²) < 4.78 is 5.06. The average Bonchev–Trinajstić information content (AvgIpc) is 2.51. The number of carbonyl (C=O) groups excluding carboxylic acids is 1. The zero-order valence-electron chi connectivity index (χ0n) is 12.8. The van der Waals surface area contributed by atoms with E-state index in [-0.39, 0.29) is 11.0 Å². The molecule has 0 saturated heterocycles. The highest BCUT2D eigenvalue weighted by molar-refractivity contribution is 7.80. The standard InChI is InChI=1S/C17H18N2O2S/c1-11-4-5-12(2)15(10-11)18-17(22)19-16(20)13-6-8-14(21-3)9-7-13/h4-10H,1-3H3,(H2,18,19,20,22). The molecule has 2 N–H and O–H groups in total. The summed E-state index contributed by atoms with van der Waals surface area (Å²) >= 11 is 5.20. The molecule has 0 radical (unpaired) electrons. The number of hydrogen-bond donors (Lipinski definition) is 2. The van der Waals surface area contributed by atoms with E-state index in [0.29, 0.717) is 11.3 Å². The van der Waals surface area contributed by atoms with Crippen LogP contribution >= 0.6 is 12.2 Å². The van der Waals surface area contributed by atoms with E-state index in [9.17, 15) is 4.79 Å². The molecular weight excluding hydrogens is 296 g/mol. The van der Waals surface area contributed by atoms with Crippen LogP contribution in [0, 0.1) is 13.8 Å². The molecule has 1 amide bonds. The first-order valence-electron chi connectivity index (χ1n) is 6.83. The number of thiocarbonyl (C=S) groups is 1. The van der Waals surface area contributed by atoms with Gasteiger partial charge in [0.25, 0.3) is 5.91 Å². The molecule has 0 fully saturated rings. The summed E-state index contributed by atoms with van der Waals surface area (Å²) in [6, 6.07) is 12.9. The van der Waals surface area contributed by atoms with E-state index in [2.05, 4.69) is 10.6 Å². The van der Waals surface area contributed by atoms with Gasteiger partial charge in [0.15, 0.2) is 5.11 Å². The Morgan fingerprint density at radius 2 is 1.77 bits per heavy atom. The van der Waals surface area contributed by atoms with E-state index in [0.717, 1.165) is 16.8 Å². The predicted octanol–water partition coefficient (Wildman–Crippen LogP) is 3.44. The van der Waals surface area contributed by atoms with Gasteiger partial charge in [-0.3, -0.25) is 10.1 Å². The lowest BCUT2D eigenvalue weighted by Crippen LogP contribution is -2.34. The minimum absolute atomic E-state index is 0.259. The Bertz CT molecular complexity index is 696. The molecule has 0 aliphatic carbocycles. The number of rotatable bonds is 3. The number of carbonyl (C=O) groups is 1. The van der Waals surface area contributed by atoms with Crippen LogP contribution in [0.4, 0.5) is 5.69 Å². The molecule has 114 valence electrons. The van der Waals surface area contributed by atoms with Crippen LogP contribution in [0.2, 0.25) is 0 Å². The number of benzene rings is 2. The summed E-state index contributed by atoms with van der Waals surface area (Å²) in [5.74, 6) is 0.443. The van der Waals surface area contributed by atoms with E-state index < -0.39 is 0 Å². The largest absolute Gasteiger partial charge is 0.497 e. The number of methoxy groups -OCH3 is 1. The van der Waals surface area contributed by atoms with Crippen molar-refractivity contribution in [3.05, 3.63) is 59.2 Å². The van der Waals surface area contributed by atoms with Crippen molar-refractivity contribution in [2.75, 3.05) is 12.4 Å². The molecule has 0 bridgehead atoms. The summed E-state index contributed by atoms with van der Waals surface area (Å²) in [5.41, 5.74) is 3.59. The highest BCUT2D eigenvalue weighted by Gasteiger charge is 2.09.